The molecule has 0 bridgehead atoms. The van der Waals surface area contributed by atoms with Gasteiger partial charge in [0, 0.05) is 0 Å². The molecule has 2 atom stereocenters. The molecule has 1 aromatic rings. The van der Waals surface area contributed by atoms with Gasteiger partial charge in [-0.2, -0.15) is 0 Å². The molecule has 0 radical (unpaired) electrons. The normalized spacial score (nSPS) is 13.9. The van der Waals surface area contributed by atoms with Crippen molar-refractivity contribution >= 4 is 34.8 Å². The zero-order valence-electron chi connectivity index (χ0n) is 10.1. The lowest BCUT2D eigenvalue weighted by Crippen LogP contribution is -2.44. The van der Waals surface area contributed by atoms with Gasteiger partial charge in [-0.1, -0.05) is 35.3 Å². The first-order valence-corrected chi connectivity index (χ1v) is 6.39. The molecule has 1 aromatic carbocycles. The highest BCUT2D eigenvalue weighted by atomic mass is 35.5. The van der Waals surface area contributed by atoms with Gasteiger partial charge in [0.15, 0.2) is 4.84 Å². The Hall–Kier alpha value is -1.09. The lowest BCUT2D eigenvalue weighted by molar-refractivity contribution is -0.121. The van der Waals surface area contributed by atoms with Gasteiger partial charge in [0.1, 0.15) is 6.10 Å². The van der Waals surface area contributed by atoms with E-state index in [1.54, 1.807) is 0 Å². The average Bonchev–Trinajstić information content (AvgIpc) is 2.43. The molecule has 0 heterocycles. The Morgan fingerprint density at radius 2 is 1.80 bits per heavy atom. The van der Waals surface area contributed by atoms with Crippen LogP contribution in [0.25, 0.3) is 0 Å². The first kappa shape index (κ1) is 17.0. The van der Waals surface area contributed by atoms with E-state index >= 15 is 0 Å². The topological polar surface area (TPSA) is 113 Å². The Labute approximate surface area is 124 Å². The summed E-state index contributed by atoms with van der Waals surface area (Å²) < 4.78 is 0. The summed E-state index contributed by atoms with van der Waals surface area (Å²) in [5.41, 5.74) is 0.447. The van der Waals surface area contributed by atoms with Crippen LogP contribution in [0.2, 0.25) is 0 Å². The van der Waals surface area contributed by atoms with Crippen molar-refractivity contribution in [2.24, 2.45) is 0 Å². The largest absolute Gasteiger partial charge is 0.394 e. The van der Waals surface area contributed by atoms with Crippen LogP contribution in [-0.4, -0.2) is 44.0 Å². The highest BCUT2D eigenvalue weighted by molar-refractivity contribution is 6.53. The van der Waals surface area contributed by atoms with Crippen molar-refractivity contribution in [2.45, 2.75) is 17.0 Å². The van der Waals surface area contributed by atoms with Gasteiger partial charge in [0.2, 0.25) is 0 Å². The van der Waals surface area contributed by atoms with Crippen molar-refractivity contribution in [3.05, 3.63) is 29.8 Å². The standard InChI is InChI=1S/C11H14Cl2N2O5/c12-10(13)11(18)14-8(5-16)9(17)6-1-3-7(4-2-6)15(19)20/h1-4,8-10,16-17,19-20H,5H2,(H,14,18). The van der Waals surface area contributed by atoms with Crippen LogP contribution in [-0.2, 0) is 4.79 Å². The summed E-state index contributed by atoms with van der Waals surface area (Å²) in [4.78, 5) is 10.0. The van der Waals surface area contributed by atoms with E-state index in [0.717, 1.165) is 0 Å². The molecular weight excluding hydrogens is 311 g/mol. The highest BCUT2D eigenvalue weighted by Gasteiger charge is 2.24. The number of carbonyl (C=O) groups is 1. The zero-order valence-corrected chi connectivity index (χ0v) is 11.7. The molecule has 9 heteroatoms. The smallest absolute Gasteiger partial charge is 0.253 e. The van der Waals surface area contributed by atoms with Crippen LogP contribution in [0.1, 0.15) is 11.7 Å². The van der Waals surface area contributed by atoms with Crippen LogP contribution >= 0.6 is 23.2 Å². The minimum atomic E-state index is -1.31. The second-order valence-corrected chi connectivity index (χ2v) is 5.02. The van der Waals surface area contributed by atoms with E-state index in [-0.39, 0.29) is 10.9 Å². The number of aliphatic hydroxyl groups excluding tert-OH is 2. The Balaban J connectivity index is 2.80. The molecule has 7 nitrogen and oxygen atoms in total. The molecule has 0 saturated heterocycles. The predicted molar refractivity (Wildman–Crippen MR) is 72.0 cm³/mol. The zero-order chi connectivity index (χ0) is 15.3. The van der Waals surface area contributed by atoms with Gasteiger partial charge in [-0.3, -0.25) is 15.2 Å². The Morgan fingerprint density at radius 3 is 2.20 bits per heavy atom. The molecule has 0 aliphatic carbocycles. The van der Waals surface area contributed by atoms with Crippen LogP contribution < -0.4 is 10.5 Å². The van der Waals surface area contributed by atoms with E-state index in [1.165, 1.54) is 24.3 Å². The number of amides is 1. The molecule has 0 aliphatic heterocycles. The fourth-order valence-corrected chi connectivity index (χ4v) is 1.63. The summed E-state index contributed by atoms with van der Waals surface area (Å²) in [6.45, 7) is -0.527. The number of anilines is 1. The summed E-state index contributed by atoms with van der Waals surface area (Å²) in [6, 6.07) is 4.49. The third-order valence-corrected chi connectivity index (χ3v) is 2.97. The summed E-state index contributed by atoms with van der Waals surface area (Å²) >= 11 is 10.7. The van der Waals surface area contributed by atoms with Crippen LogP contribution in [0.15, 0.2) is 24.3 Å². The van der Waals surface area contributed by atoms with Gasteiger partial charge in [-0.15, -0.1) is 5.23 Å². The van der Waals surface area contributed by atoms with Crippen LogP contribution in [0.5, 0.6) is 0 Å². The van der Waals surface area contributed by atoms with Crippen molar-refractivity contribution in [3.8, 4) is 0 Å². The molecule has 2 unspecified atom stereocenters. The van der Waals surface area contributed by atoms with Crippen LogP contribution in [0.3, 0.4) is 0 Å². The summed E-state index contributed by atoms with van der Waals surface area (Å²) in [6.07, 6.45) is -1.21. The predicted octanol–water partition coefficient (Wildman–Crippen LogP) is 0.586. The molecule has 112 valence electrons. The van der Waals surface area contributed by atoms with Crippen molar-refractivity contribution in [2.75, 3.05) is 11.8 Å². The molecule has 0 aromatic heterocycles. The molecule has 20 heavy (non-hydrogen) atoms. The maximum Gasteiger partial charge on any atom is 0.253 e. The number of hydrogen-bond acceptors (Lipinski definition) is 6. The SMILES string of the molecule is O=C(NC(CO)C(O)c1ccc(N(O)O)cc1)C(Cl)Cl. The quantitative estimate of drug-likeness (QED) is 0.386. The fourth-order valence-electron chi connectivity index (χ4n) is 1.51. The molecule has 0 spiro atoms. The van der Waals surface area contributed by atoms with E-state index in [0.29, 0.717) is 5.56 Å². The van der Waals surface area contributed by atoms with Gasteiger partial charge in [-0.05, 0) is 17.7 Å². The summed E-state index contributed by atoms with van der Waals surface area (Å²) in [5, 5.41) is 39.0. The highest BCUT2D eigenvalue weighted by Crippen LogP contribution is 2.20. The molecule has 1 amide bonds. The van der Waals surface area contributed by atoms with E-state index in [4.69, 9.17) is 33.6 Å². The van der Waals surface area contributed by atoms with Crippen LogP contribution in [0.4, 0.5) is 5.69 Å². The number of carbonyl (C=O) groups excluding carboxylic acids is 1. The second-order valence-electron chi connectivity index (χ2n) is 3.92. The average molecular weight is 325 g/mol. The third kappa shape index (κ3) is 4.48. The molecule has 1 rings (SSSR count). The number of aliphatic hydroxyl groups is 2. The lowest BCUT2D eigenvalue weighted by Gasteiger charge is -2.23. The lowest BCUT2D eigenvalue weighted by atomic mass is 10.0. The number of halogens is 2. The number of rotatable bonds is 6. The number of nitrogens with one attached hydrogen (secondary N) is 1. The van der Waals surface area contributed by atoms with Gasteiger partial charge in [0.25, 0.3) is 5.91 Å². The van der Waals surface area contributed by atoms with E-state index in [1.807, 2.05) is 0 Å². The first-order valence-electron chi connectivity index (χ1n) is 5.52. The Kier molecular flexibility index (Phi) is 6.47. The van der Waals surface area contributed by atoms with Crippen molar-refractivity contribution in [1.82, 2.24) is 5.32 Å². The first-order chi connectivity index (χ1) is 9.36. The number of hydrogen-bond donors (Lipinski definition) is 5. The van der Waals surface area contributed by atoms with Crippen LogP contribution in [0, 0.1) is 0 Å². The van der Waals surface area contributed by atoms with Crippen molar-refractivity contribution < 1.29 is 25.4 Å². The van der Waals surface area contributed by atoms with Crippen molar-refractivity contribution in [1.29, 1.82) is 0 Å². The fraction of sp³-hybridized carbons (Fsp3) is 0.364. The van der Waals surface area contributed by atoms with Crippen molar-refractivity contribution in [3.63, 3.8) is 0 Å². The molecule has 5 N–H and O–H groups in total. The third-order valence-electron chi connectivity index (χ3n) is 2.57. The monoisotopic (exact) mass is 324 g/mol. The maximum absolute atomic E-state index is 11.3. The molecule has 0 fully saturated rings. The van der Waals surface area contributed by atoms with Gasteiger partial charge in [-0.25, -0.2) is 0 Å². The van der Waals surface area contributed by atoms with E-state index < -0.39 is 29.5 Å². The van der Waals surface area contributed by atoms with E-state index in [9.17, 15) is 15.0 Å². The van der Waals surface area contributed by atoms with E-state index in [2.05, 4.69) is 5.32 Å². The minimum Gasteiger partial charge on any atom is -0.394 e. The number of benzene rings is 1. The van der Waals surface area contributed by atoms with Gasteiger partial charge in [0.05, 0.1) is 18.3 Å². The molecule has 0 aliphatic rings. The van der Waals surface area contributed by atoms with Gasteiger partial charge >= 0.3 is 0 Å². The number of alkyl halides is 2. The minimum absolute atomic E-state index is 0.0763. The summed E-state index contributed by atoms with van der Waals surface area (Å²) in [7, 11) is 0. The Bertz CT molecular complexity index is 441. The Morgan fingerprint density at radius 1 is 1.25 bits per heavy atom. The molecule has 0 saturated carbocycles. The maximum atomic E-state index is 11.3. The summed E-state index contributed by atoms with van der Waals surface area (Å²) in [5.74, 6) is -0.736. The second kappa shape index (κ2) is 7.63. The van der Waals surface area contributed by atoms with Gasteiger partial charge < -0.3 is 15.5 Å². The number of nitrogens with zero attached hydrogens (tertiary/aromatic N) is 1. The molecular formula is C11H14Cl2N2O5.